The van der Waals surface area contributed by atoms with E-state index in [4.69, 9.17) is 4.98 Å². The highest BCUT2D eigenvalue weighted by atomic mass is 16.2. The van der Waals surface area contributed by atoms with Crippen LogP contribution in [0, 0.1) is 5.92 Å². The standard InChI is InChI=1S/C25H29N5O/c31-25(22-8-4-11-26-18-22)29-15-9-21(10-16-29)23-24-27-12-17-28(24)13-5-14-30(23)19-20-6-2-1-3-7-20/h1-4,6-8,11-12,17-18,21,23H,5,9-10,13-16,19H2. The molecule has 0 saturated carbocycles. The Kier molecular flexibility index (Phi) is 5.80. The lowest BCUT2D eigenvalue weighted by atomic mass is 9.87. The topological polar surface area (TPSA) is 54.3 Å². The van der Waals surface area contributed by atoms with Gasteiger partial charge in [0.15, 0.2) is 0 Å². The Balaban J connectivity index is 1.34. The molecule has 4 heterocycles. The van der Waals surface area contributed by atoms with E-state index in [0.29, 0.717) is 11.5 Å². The number of imidazole rings is 1. The van der Waals surface area contributed by atoms with Crippen LogP contribution < -0.4 is 0 Å². The number of rotatable bonds is 4. The van der Waals surface area contributed by atoms with Crippen LogP contribution in [0.1, 0.15) is 47.1 Å². The minimum atomic E-state index is 0.0926. The summed E-state index contributed by atoms with van der Waals surface area (Å²) in [6.07, 6.45) is 10.6. The molecule has 160 valence electrons. The third-order valence-electron chi connectivity index (χ3n) is 6.66. The minimum Gasteiger partial charge on any atom is -0.339 e. The summed E-state index contributed by atoms with van der Waals surface area (Å²) in [6, 6.07) is 14.7. The number of likely N-dealkylation sites (tertiary alicyclic amines) is 1. The molecule has 5 rings (SSSR count). The van der Waals surface area contributed by atoms with Crippen molar-refractivity contribution in [1.82, 2.24) is 24.3 Å². The van der Waals surface area contributed by atoms with Gasteiger partial charge in [-0.15, -0.1) is 0 Å². The van der Waals surface area contributed by atoms with Gasteiger partial charge in [-0.25, -0.2) is 4.98 Å². The van der Waals surface area contributed by atoms with Gasteiger partial charge in [0, 0.05) is 57.5 Å². The summed E-state index contributed by atoms with van der Waals surface area (Å²) in [4.78, 5) is 26.4. The number of carbonyl (C=O) groups is 1. The SMILES string of the molecule is O=C(c1cccnc1)N1CCC(C2c3nccn3CCCN2Cc2ccccc2)CC1. The van der Waals surface area contributed by atoms with Crippen LogP contribution in [0.4, 0.5) is 0 Å². The highest BCUT2D eigenvalue weighted by molar-refractivity contribution is 5.93. The van der Waals surface area contributed by atoms with Crippen molar-refractivity contribution in [2.45, 2.75) is 38.4 Å². The van der Waals surface area contributed by atoms with Crippen LogP contribution in [0.2, 0.25) is 0 Å². The molecule has 3 aromatic rings. The number of aryl methyl sites for hydroxylation is 1. The maximum absolute atomic E-state index is 12.9. The highest BCUT2D eigenvalue weighted by Gasteiger charge is 2.36. The molecule has 1 atom stereocenters. The summed E-state index contributed by atoms with van der Waals surface area (Å²) >= 11 is 0. The van der Waals surface area contributed by atoms with E-state index in [0.717, 1.165) is 52.0 Å². The van der Waals surface area contributed by atoms with Gasteiger partial charge in [0.1, 0.15) is 5.82 Å². The van der Waals surface area contributed by atoms with E-state index in [-0.39, 0.29) is 11.9 Å². The van der Waals surface area contributed by atoms with Gasteiger partial charge in [-0.1, -0.05) is 30.3 Å². The molecule has 1 aromatic carbocycles. The molecule has 6 heteroatoms. The Hall–Kier alpha value is -2.99. The van der Waals surface area contributed by atoms with E-state index in [1.54, 1.807) is 12.4 Å². The summed E-state index contributed by atoms with van der Waals surface area (Å²) in [5, 5.41) is 0. The van der Waals surface area contributed by atoms with Crippen LogP contribution in [0.15, 0.2) is 67.3 Å². The molecule has 2 aromatic heterocycles. The molecule has 31 heavy (non-hydrogen) atoms. The number of fused-ring (bicyclic) bond motifs is 1. The van der Waals surface area contributed by atoms with E-state index >= 15 is 0 Å². The summed E-state index contributed by atoms with van der Waals surface area (Å²) in [6.45, 7) is 4.60. The fourth-order valence-corrected chi connectivity index (χ4v) is 5.12. The number of amides is 1. The van der Waals surface area contributed by atoms with Gasteiger partial charge < -0.3 is 9.47 Å². The molecule has 2 aliphatic heterocycles. The molecule has 1 unspecified atom stereocenters. The largest absolute Gasteiger partial charge is 0.339 e. The van der Waals surface area contributed by atoms with Crippen LogP contribution in [0.3, 0.4) is 0 Å². The average Bonchev–Trinajstić information content (AvgIpc) is 3.21. The lowest BCUT2D eigenvalue weighted by Gasteiger charge is -2.40. The molecular formula is C25H29N5O. The Morgan fingerprint density at radius 2 is 1.81 bits per heavy atom. The Bertz CT molecular complexity index is 995. The second-order valence-electron chi connectivity index (χ2n) is 8.60. The number of piperidine rings is 1. The van der Waals surface area contributed by atoms with Crippen LogP contribution in [-0.4, -0.2) is 49.9 Å². The molecular weight excluding hydrogens is 386 g/mol. The van der Waals surface area contributed by atoms with Gasteiger partial charge in [0.2, 0.25) is 0 Å². The van der Waals surface area contributed by atoms with Crippen LogP contribution >= 0.6 is 0 Å². The summed E-state index contributed by atoms with van der Waals surface area (Å²) in [5.74, 6) is 1.77. The van der Waals surface area contributed by atoms with Crippen molar-refractivity contribution in [3.05, 3.63) is 84.2 Å². The molecule has 6 nitrogen and oxygen atoms in total. The van der Waals surface area contributed by atoms with Crippen LogP contribution in [0.25, 0.3) is 0 Å². The number of aromatic nitrogens is 3. The van der Waals surface area contributed by atoms with E-state index in [1.165, 1.54) is 11.4 Å². The molecule has 1 saturated heterocycles. The number of benzene rings is 1. The molecule has 1 amide bonds. The van der Waals surface area contributed by atoms with Crippen molar-refractivity contribution in [3.8, 4) is 0 Å². The second-order valence-corrected chi connectivity index (χ2v) is 8.60. The van der Waals surface area contributed by atoms with Crippen LogP contribution in [-0.2, 0) is 13.1 Å². The van der Waals surface area contributed by atoms with Crippen molar-refractivity contribution in [3.63, 3.8) is 0 Å². The van der Waals surface area contributed by atoms with Crippen molar-refractivity contribution >= 4 is 5.91 Å². The number of pyridine rings is 1. The van der Waals surface area contributed by atoms with E-state index < -0.39 is 0 Å². The maximum atomic E-state index is 12.9. The molecule has 1 fully saturated rings. The quantitative estimate of drug-likeness (QED) is 0.651. The smallest absolute Gasteiger partial charge is 0.255 e. The van der Waals surface area contributed by atoms with E-state index in [2.05, 4.69) is 51.0 Å². The first-order valence-electron chi connectivity index (χ1n) is 11.3. The molecule has 0 bridgehead atoms. The molecule has 0 aliphatic carbocycles. The number of nitrogens with zero attached hydrogens (tertiary/aromatic N) is 5. The van der Waals surface area contributed by atoms with E-state index in [9.17, 15) is 4.79 Å². The van der Waals surface area contributed by atoms with Crippen molar-refractivity contribution in [2.75, 3.05) is 19.6 Å². The summed E-state index contributed by atoms with van der Waals surface area (Å²) in [7, 11) is 0. The zero-order valence-corrected chi connectivity index (χ0v) is 17.8. The fourth-order valence-electron chi connectivity index (χ4n) is 5.12. The van der Waals surface area contributed by atoms with Gasteiger partial charge >= 0.3 is 0 Å². The van der Waals surface area contributed by atoms with Crippen LogP contribution in [0.5, 0.6) is 0 Å². The second kappa shape index (κ2) is 9.02. The Morgan fingerprint density at radius 3 is 2.58 bits per heavy atom. The number of hydrogen-bond donors (Lipinski definition) is 0. The number of carbonyl (C=O) groups excluding carboxylic acids is 1. The first-order chi connectivity index (χ1) is 15.3. The third-order valence-corrected chi connectivity index (χ3v) is 6.66. The molecule has 2 aliphatic rings. The van der Waals surface area contributed by atoms with Gasteiger partial charge in [0.05, 0.1) is 11.6 Å². The first kappa shape index (κ1) is 19.9. The highest BCUT2D eigenvalue weighted by Crippen LogP contribution is 2.37. The predicted molar refractivity (Wildman–Crippen MR) is 119 cm³/mol. The molecule has 0 radical (unpaired) electrons. The van der Waals surface area contributed by atoms with Crippen molar-refractivity contribution < 1.29 is 4.79 Å². The zero-order chi connectivity index (χ0) is 21.0. The van der Waals surface area contributed by atoms with Gasteiger partial charge in [-0.05, 0) is 42.9 Å². The first-order valence-corrected chi connectivity index (χ1v) is 11.3. The molecule has 0 spiro atoms. The lowest BCUT2D eigenvalue weighted by molar-refractivity contribution is 0.0556. The summed E-state index contributed by atoms with van der Waals surface area (Å²) < 4.78 is 2.34. The monoisotopic (exact) mass is 415 g/mol. The lowest BCUT2D eigenvalue weighted by Crippen LogP contribution is -2.43. The molecule has 0 N–H and O–H groups in total. The average molecular weight is 416 g/mol. The van der Waals surface area contributed by atoms with Gasteiger partial charge in [0.25, 0.3) is 5.91 Å². The van der Waals surface area contributed by atoms with Gasteiger partial charge in [-0.2, -0.15) is 0 Å². The maximum Gasteiger partial charge on any atom is 0.255 e. The Morgan fingerprint density at radius 1 is 0.968 bits per heavy atom. The van der Waals surface area contributed by atoms with E-state index in [1.807, 2.05) is 23.2 Å². The predicted octanol–water partition coefficient (Wildman–Crippen LogP) is 3.78. The number of hydrogen-bond acceptors (Lipinski definition) is 4. The minimum absolute atomic E-state index is 0.0926. The van der Waals surface area contributed by atoms with Crippen molar-refractivity contribution in [1.29, 1.82) is 0 Å². The fraction of sp³-hybridized carbons (Fsp3) is 0.400. The summed E-state index contributed by atoms with van der Waals surface area (Å²) in [5.41, 5.74) is 2.02. The van der Waals surface area contributed by atoms with Gasteiger partial charge in [-0.3, -0.25) is 14.7 Å². The normalized spacial score (nSPS) is 20.3. The zero-order valence-electron chi connectivity index (χ0n) is 17.8. The van der Waals surface area contributed by atoms with Crippen molar-refractivity contribution in [2.24, 2.45) is 5.92 Å². The third kappa shape index (κ3) is 4.26. The Labute approximate surface area is 183 Å².